The third kappa shape index (κ3) is 14.6. The second-order valence-electron chi connectivity index (χ2n) is 31.5. The van der Waals surface area contributed by atoms with Crippen LogP contribution in [0.4, 0.5) is 34.1 Å². The molecule has 0 saturated carbocycles. The molecule has 0 aliphatic rings. The number of hydrogen-bond acceptors (Lipinski definition) is 7. The van der Waals surface area contributed by atoms with E-state index in [-0.39, 0.29) is 0 Å². The summed E-state index contributed by atoms with van der Waals surface area (Å²) in [4.78, 5) is 31.0. The Morgan fingerprint density at radius 1 is 0.159 bits per heavy atom. The SMILES string of the molecule is c1ccc(-c2ccc(N(c3ccc(-c4ccccc4)cc3)c3ccc(-c4ccc5c(c4)c4ccccc4n5-c4nc(-c5cccc6ccccc56)nc(-c5cccc6ccccc56)n4)cc3)cc2)cc1.c1ccc(-c2ccc(N(c3ccccc3)c3ccc(-c4ccc5c(c4)c4ccccc4n5-c4nc(-c5ccccc5)cc(-c5ccccc5)n4)cc3)cc2)cc1. The van der Waals surface area contributed by atoms with Crippen molar-refractivity contribution in [2.75, 3.05) is 9.80 Å². The van der Waals surface area contributed by atoms with E-state index in [0.717, 1.165) is 155 Å². The van der Waals surface area contributed by atoms with Crippen molar-refractivity contribution >= 4 is 99.3 Å². The Morgan fingerprint density at radius 2 is 0.413 bits per heavy atom. The lowest BCUT2D eigenvalue weighted by atomic mass is 10.0. The van der Waals surface area contributed by atoms with Gasteiger partial charge in [0, 0.05) is 77.9 Å². The molecular formula is C117H79N9. The van der Waals surface area contributed by atoms with Gasteiger partial charge in [-0.2, -0.15) is 9.97 Å². The van der Waals surface area contributed by atoms with E-state index in [4.69, 9.17) is 24.9 Å². The Bertz CT molecular complexity index is 7640. The third-order valence-electron chi connectivity index (χ3n) is 23.9. The predicted molar refractivity (Wildman–Crippen MR) is 524 cm³/mol. The van der Waals surface area contributed by atoms with Gasteiger partial charge in [0.1, 0.15) is 0 Å². The van der Waals surface area contributed by atoms with Gasteiger partial charge < -0.3 is 9.80 Å². The van der Waals surface area contributed by atoms with Gasteiger partial charge in [0.15, 0.2) is 11.6 Å². The highest BCUT2D eigenvalue weighted by Gasteiger charge is 2.24. The molecule has 592 valence electrons. The number of nitrogens with zero attached hydrogens (tertiary/aromatic N) is 9. The molecule has 23 aromatic rings. The molecule has 23 rings (SSSR count). The summed E-state index contributed by atoms with van der Waals surface area (Å²) in [5.74, 6) is 2.46. The molecule has 9 heteroatoms. The molecule has 126 heavy (non-hydrogen) atoms. The maximum atomic E-state index is 5.34. The lowest BCUT2D eigenvalue weighted by Gasteiger charge is -2.26. The minimum atomic E-state index is 0.567. The highest BCUT2D eigenvalue weighted by molar-refractivity contribution is 6.12. The maximum Gasteiger partial charge on any atom is 0.238 e. The summed E-state index contributed by atoms with van der Waals surface area (Å²) < 4.78 is 4.41. The second kappa shape index (κ2) is 33.2. The number of rotatable bonds is 17. The minimum Gasteiger partial charge on any atom is -0.311 e. The molecule has 4 aromatic heterocycles. The van der Waals surface area contributed by atoms with E-state index in [1.165, 1.54) is 33.4 Å². The number of para-hydroxylation sites is 3. The van der Waals surface area contributed by atoms with Crippen molar-refractivity contribution in [1.29, 1.82) is 0 Å². The summed E-state index contributed by atoms with van der Waals surface area (Å²) >= 11 is 0. The molecule has 19 aromatic carbocycles. The summed E-state index contributed by atoms with van der Waals surface area (Å²) in [5.41, 5.74) is 28.2. The summed E-state index contributed by atoms with van der Waals surface area (Å²) in [5, 5.41) is 9.01. The van der Waals surface area contributed by atoms with Gasteiger partial charge in [-0.25, -0.2) is 15.0 Å². The summed E-state index contributed by atoms with van der Waals surface area (Å²) in [6, 6.07) is 169. The van der Waals surface area contributed by atoms with E-state index < -0.39 is 0 Å². The van der Waals surface area contributed by atoms with Crippen molar-refractivity contribution in [2.45, 2.75) is 0 Å². The third-order valence-corrected chi connectivity index (χ3v) is 23.9. The molecule has 9 nitrogen and oxygen atoms in total. The Hall–Kier alpha value is -17.0. The van der Waals surface area contributed by atoms with E-state index in [1.54, 1.807) is 0 Å². The van der Waals surface area contributed by atoms with E-state index in [9.17, 15) is 0 Å². The average molecular weight is 1610 g/mol. The molecule has 0 radical (unpaired) electrons. The zero-order chi connectivity index (χ0) is 83.6. The minimum absolute atomic E-state index is 0.567. The molecule has 0 saturated heterocycles. The lowest BCUT2D eigenvalue weighted by molar-refractivity contribution is 0.955. The van der Waals surface area contributed by atoms with Crippen LogP contribution in [-0.2, 0) is 0 Å². The molecule has 0 fully saturated rings. The van der Waals surface area contributed by atoms with Crippen LogP contribution in [0.3, 0.4) is 0 Å². The molecule has 0 N–H and O–H groups in total. The van der Waals surface area contributed by atoms with Crippen molar-refractivity contribution in [3.05, 3.63) is 479 Å². The fourth-order valence-electron chi connectivity index (χ4n) is 17.7. The smallest absolute Gasteiger partial charge is 0.238 e. The Kier molecular flexibility index (Phi) is 19.8. The molecule has 4 heterocycles. The highest BCUT2D eigenvalue weighted by Crippen LogP contribution is 2.44. The number of fused-ring (bicyclic) bond motifs is 8. The zero-order valence-electron chi connectivity index (χ0n) is 68.6. The van der Waals surface area contributed by atoms with Crippen molar-refractivity contribution in [2.24, 2.45) is 0 Å². The average Bonchev–Trinajstić information content (AvgIpc) is 1.57. The summed E-state index contributed by atoms with van der Waals surface area (Å²) in [6.45, 7) is 0. The zero-order valence-corrected chi connectivity index (χ0v) is 68.6. The molecule has 0 unspecified atom stereocenters. The van der Waals surface area contributed by atoms with Crippen molar-refractivity contribution in [3.63, 3.8) is 0 Å². The monoisotopic (exact) mass is 1610 g/mol. The van der Waals surface area contributed by atoms with Crippen LogP contribution in [0.15, 0.2) is 479 Å². The van der Waals surface area contributed by atoms with E-state index in [2.05, 4.69) is 486 Å². The van der Waals surface area contributed by atoms with Gasteiger partial charge >= 0.3 is 0 Å². The van der Waals surface area contributed by atoms with Gasteiger partial charge in [-0.05, 0) is 192 Å². The highest BCUT2D eigenvalue weighted by atomic mass is 15.2. The quantitative estimate of drug-likeness (QED) is 0.0898. The van der Waals surface area contributed by atoms with Crippen LogP contribution < -0.4 is 9.80 Å². The predicted octanol–water partition coefficient (Wildman–Crippen LogP) is 30.8. The molecule has 0 aliphatic heterocycles. The molecular weight excluding hydrogens is 1530 g/mol. The number of anilines is 6. The van der Waals surface area contributed by atoms with Gasteiger partial charge in [0.05, 0.1) is 33.5 Å². The van der Waals surface area contributed by atoms with Crippen LogP contribution in [0, 0.1) is 0 Å². The number of hydrogen-bond donors (Lipinski definition) is 0. The molecule has 0 aliphatic carbocycles. The second-order valence-corrected chi connectivity index (χ2v) is 31.5. The molecule has 0 atom stereocenters. The normalized spacial score (nSPS) is 11.3. The Morgan fingerprint density at radius 3 is 0.770 bits per heavy atom. The van der Waals surface area contributed by atoms with Gasteiger partial charge in [0.2, 0.25) is 11.9 Å². The van der Waals surface area contributed by atoms with Gasteiger partial charge in [0.25, 0.3) is 0 Å². The molecule has 0 amide bonds. The van der Waals surface area contributed by atoms with E-state index >= 15 is 0 Å². The first-order valence-corrected chi connectivity index (χ1v) is 42.6. The van der Waals surface area contributed by atoms with Gasteiger partial charge in [-0.3, -0.25) is 9.13 Å². The Labute approximate surface area is 730 Å². The largest absolute Gasteiger partial charge is 0.311 e. The standard InChI is InChI=1S/C65H43N5.C52H36N4/c1-3-15-44(16-4-1)46-29-36-52(37-30-46)69(53-38-31-47(32-39-53)45-17-5-2-6-18-45)54-40-33-48(34-41-54)51-35-42-62-60(43-51)57-25-11-12-28-61(57)70(62)65-67-63(58-26-13-21-49-19-7-9-23-55(49)58)66-64(68-65)59-27-14-22-50-20-8-10-24-56(50)59;1-5-15-37(16-6-1)38-25-30-44(31-26-38)55(43-21-11-4-12-22-43)45-32-27-39(28-33-45)42-29-34-51-47(35-42)46-23-13-14-24-50(46)56(51)52-53-48(40-17-7-2-8-18-40)36-49(54-52)41-19-9-3-10-20-41/h1-43H;1-36H. The topological polar surface area (TPSA) is 80.8 Å². The number of benzene rings is 19. The first-order valence-electron chi connectivity index (χ1n) is 42.6. The van der Waals surface area contributed by atoms with Crippen molar-refractivity contribution in [3.8, 4) is 113 Å². The Balaban J connectivity index is 0.000000153. The lowest BCUT2D eigenvalue weighted by Crippen LogP contribution is -2.09. The molecule has 0 bridgehead atoms. The van der Waals surface area contributed by atoms with E-state index in [0.29, 0.717) is 23.5 Å². The maximum absolute atomic E-state index is 5.34. The molecule has 0 spiro atoms. The number of aromatic nitrogens is 7. The fraction of sp³-hybridized carbons (Fsp3) is 0. The van der Waals surface area contributed by atoms with Crippen LogP contribution in [0.25, 0.3) is 178 Å². The first-order chi connectivity index (χ1) is 62.5. The summed E-state index contributed by atoms with van der Waals surface area (Å²) in [7, 11) is 0. The first kappa shape index (κ1) is 75.2. The van der Waals surface area contributed by atoms with Crippen molar-refractivity contribution in [1.82, 2.24) is 34.1 Å². The van der Waals surface area contributed by atoms with Crippen LogP contribution in [0.2, 0.25) is 0 Å². The van der Waals surface area contributed by atoms with Gasteiger partial charge in [-0.1, -0.05) is 364 Å². The van der Waals surface area contributed by atoms with Crippen LogP contribution in [-0.4, -0.2) is 34.1 Å². The summed E-state index contributed by atoms with van der Waals surface area (Å²) in [6.07, 6.45) is 0. The fourth-order valence-corrected chi connectivity index (χ4v) is 17.7. The van der Waals surface area contributed by atoms with Crippen LogP contribution in [0.1, 0.15) is 0 Å². The van der Waals surface area contributed by atoms with Crippen molar-refractivity contribution < 1.29 is 0 Å². The van der Waals surface area contributed by atoms with E-state index in [1.807, 2.05) is 12.1 Å². The van der Waals surface area contributed by atoms with Crippen LogP contribution in [0.5, 0.6) is 0 Å². The van der Waals surface area contributed by atoms with Gasteiger partial charge in [-0.15, -0.1) is 0 Å². The van der Waals surface area contributed by atoms with Crippen LogP contribution >= 0.6 is 0 Å².